The molecule has 5 nitrogen and oxygen atoms in total. The smallest absolute Gasteiger partial charge is 0.339 e. The van der Waals surface area contributed by atoms with Gasteiger partial charge in [0.1, 0.15) is 0 Å². The van der Waals surface area contributed by atoms with Gasteiger partial charge in [-0.15, -0.1) is 0 Å². The minimum Gasteiger partial charge on any atom is -0.465 e. The molecule has 2 atom stereocenters. The molecule has 19 heavy (non-hydrogen) atoms. The molecule has 2 aliphatic heterocycles. The molecule has 0 aromatic carbocycles. The topological polar surface area (TPSA) is 54.5 Å². The van der Waals surface area contributed by atoms with Crippen LogP contribution < -0.4 is 5.32 Å². The third-order valence-electron chi connectivity index (χ3n) is 4.10. The summed E-state index contributed by atoms with van der Waals surface area (Å²) in [7, 11) is 1.38. The summed E-state index contributed by atoms with van der Waals surface area (Å²) in [6, 6.07) is 3.70. The predicted octanol–water partition coefficient (Wildman–Crippen LogP) is 0.519. The van der Waals surface area contributed by atoms with Crippen molar-refractivity contribution in [3.63, 3.8) is 0 Å². The van der Waals surface area contributed by atoms with E-state index in [9.17, 15) is 4.79 Å². The Bertz CT molecular complexity index is 448. The first-order chi connectivity index (χ1) is 9.26. The van der Waals surface area contributed by atoms with Crippen molar-refractivity contribution in [3.8, 4) is 0 Å². The fourth-order valence-corrected chi connectivity index (χ4v) is 3.07. The van der Waals surface area contributed by atoms with E-state index in [0.717, 1.165) is 50.3 Å². The number of carbonyl (C=O) groups excluding carboxylic acids is 1. The molecule has 2 fully saturated rings. The lowest BCUT2D eigenvalue weighted by Gasteiger charge is -2.16. The van der Waals surface area contributed by atoms with Crippen molar-refractivity contribution < 1.29 is 9.53 Å². The quantitative estimate of drug-likeness (QED) is 0.804. The van der Waals surface area contributed by atoms with E-state index in [1.54, 1.807) is 12.3 Å². The molecule has 0 unspecified atom stereocenters. The van der Waals surface area contributed by atoms with Gasteiger partial charge >= 0.3 is 5.97 Å². The fraction of sp³-hybridized carbons (Fsp3) is 0.571. The van der Waals surface area contributed by atoms with Crippen molar-refractivity contribution >= 4 is 5.97 Å². The van der Waals surface area contributed by atoms with Gasteiger partial charge in [0.15, 0.2) is 0 Å². The molecule has 0 amide bonds. The first-order valence-corrected chi connectivity index (χ1v) is 6.72. The van der Waals surface area contributed by atoms with Crippen molar-refractivity contribution in [3.05, 3.63) is 29.6 Å². The Morgan fingerprint density at radius 1 is 1.42 bits per heavy atom. The maximum atomic E-state index is 11.3. The first-order valence-electron chi connectivity index (χ1n) is 6.72. The minimum atomic E-state index is -0.333. The summed E-state index contributed by atoms with van der Waals surface area (Å²) in [5, 5.41) is 3.44. The largest absolute Gasteiger partial charge is 0.465 e. The fourth-order valence-electron chi connectivity index (χ4n) is 3.07. The lowest BCUT2D eigenvalue weighted by Crippen LogP contribution is -2.25. The Labute approximate surface area is 113 Å². The number of hydrogen-bond acceptors (Lipinski definition) is 5. The second-order valence-electron chi connectivity index (χ2n) is 5.40. The number of nitrogens with zero attached hydrogens (tertiary/aromatic N) is 2. The molecule has 3 heterocycles. The molecule has 0 bridgehead atoms. The molecule has 1 N–H and O–H groups in total. The van der Waals surface area contributed by atoms with Gasteiger partial charge < -0.3 is 10.1 Å². The molecule has 2 saturated heterocycles. The predicted molar refractivity (Wildman–Crippen MR) is 70.7 cm³/mol. The van der Waals surface area contributed by atoms with Gasteiger partial charge in [-0.05, 0) is 37.1 Å². The standard InChI is InChI=1S/C14H19N3O2/c1-19-14(18)10-2-3-13(16-6-10)9-17-7-11-4-15-5-12(11)8-17/h2-3,6,11-12,15H,4-5,7-9H2,1H3/t11-,12+. The number of fused-ring (bicyclic) bond motifs is 1. The molecule has 0 spiro atoms. The van der Waals surface area contributed by atoms with Gasteiger partial charge in [0, 0.05) is 25.8 Å². The summed E-state index contributed by atoms with van der Waals surface area (Å²) in [5.74, 6) is 1.27. The number of likely N-dealkylation sites (tertiary alicyclic amines) is 1. The highest BCUT2D eigenvalue weighted by atomic mass is 16.5. The van der Waals surface area contributed by atoms with E-state index in [0.29, 0.717) is 5.56 Å². The van der Waals surface area contributed by atoms with Crippen LogP contribution in [0.15, 0.2) is 18.3 Å². The van der Waals surface area contributed by atoms with Crippen LogP contribution >= 0.6 is 0 Å². The molecule has 0 saturated carbocycles. The third-order valence-corrected chi connectivity index (χ3v) is 4.10. The normalized spacial score (nSPS) is 26.4. The van der Waals surface area contributed by atoms with Crippen molar-refractivity contribution in [1.82, 2.24) is 15.2 Å². The highest BCUT2D eigenvalue weighted by Crippen LogP contribution is 2.27. The first kappa shape index (κ1) is 12.6. The van der Waals surface area contributed by atoms with Crippen LogP contribution in [-0.4, -0.2) is 49.1 Å². The zero-order valence-corrected chi connectivity index (χ0v) is 11.1. The number of hydrogen-bond donors (Lipinski definition) is 1. The van der Waals surface area contributed by atoms with Gasteiger partial charge in [0.2, 0.25) is 0 Å². The molecular formula is C14H19N3O2. The Balaban J connectivity index is 1.60. The van der Waals surface area contributed by atoms with Crippen LogP contribution in [0.5, 0.6) is 0 Å². The highest BCUT2D eigenvalue weighted by Gasteiger charge is 2.35. The number of aromatic nitrogens is 1. The van der Waals surface area contributed by atoms with Crippen LogP contribution in [0.25, 0.3) is 0 Å². The van der Waals surface area contributed by atoms with Gasteiger partial charge in [0.05, 0.1) is 18.4 Å². The lowest BCUT2D eigenvalue weighted by atomic mass is 10.0. The Hall–Kier alpha value is -1.46. The van der Waals surface area contributed by atoms with Crippen LogP contribution in [0.1, 0.15) is 16.1 Å². The van der Waals surface area contributed by atoms with Crippen LogP contribution in [0.2, 0.25) is 0 Å². The third kappa shape index (κ3) is 2.62. The number of ether oxygens (including phenoxy) is 1. The van der Waals surface area contributed by atoms with E-state index in [2.05, 4.69) is 19.9 Å². The number of nitrogens with one attached hydrogen (secondary N) is 1. The average Bonchev–Trinajstić information content (AvgIpc) is 2.99. The van der Waals surface area contributed by atoms with E-state index in [1.165, 1.54) is 7.11 Å². The molecule has 3 rings (SSSR count). The SMILES string of the molecule is COC(=O)c1ccc(CN2C[C@H]3CNC[C@H]3C2)nc1. The Morgan fingerprint density at radius 3 is 2.74 bits per heavy atom. The number of pyridine rings is 1. The molecule has 1 aromatic rings. The van der Waals surface area contributed by atoms with Gasteiger partial charge in [-0.25, -0.2) is 4.79 Å². The summed E-state index contributed by atoms with van der Waals surface area (Å²) in [5.41, 5.74) is 1.52. The number of carbonyl (C=O) groups is 1. The molecule has 2 aliphatic rings. The summed E-state index contributed by atoms with van der Waals surface area (Å²) < 4.78 is 4.66. The van der Waals surface area contributed by atoms with Crippen molar-refractivity contribution in [2.45, 2.75) is 6.54 Å². The highest BCUT2D eigenvalue weighted by molar-refractivity contribution is 5.88. The maximum absolute atomic E-state index is 11.3. The van der Waals surface area contributed by atoms with Crippen LogP contribution in [-0.2, 0) is 11.3 Å². The van der Waals surface area contributed by atoms with Gasteiger partial charge in [-0.2, -0.15) is 0 Å². The molecule has 5 heteroatoms. The van der Waals surface area contributed by atoms with E-state index < -0.39 is 0 Å². The summed E-state index contributed by atoms with van der Waals surface area (Å²) in [6.07, 6.45) is 1.60. The summed E-state index contributed by atoms with van der Waals surface area (Å²) in [4.78, 5) is 18.1. The van der Waals surface area contributed by atoms with E-state index in [-0.39, 0.29) is 5.97 Å². The average molecular weight is 261 g/mol. The zero-order valence-electron chi connectivity index (χ0n) is 11.1. The van der Waals surface area contributed by atoms with Crippen LogP contribution in [0, 0.1) is 11.8 Å². The number of rotatable bonds is 3. The van der Waals surface area contributed by atoms with Gasteiger partial charge in [0.25, 0.3) is 0 Å². The van der Waals surface area contributed by atoms with Crippen LogP contribution in [0.3, 0.4) is 0 Å². The lowest BCUT2D eigenvalue weighted by molar-refractivity contribution is 0.0600. The second kappa shape index (κ2) is 5.27. The van der Waals surface area contributed by atoms with E-state index in [1.807, 2.05) is 6.07 Å². The van der Waals surface area contributed by atoms with Crippen molar-refractivity contribution in [2.75, 3.05) is 33.3 Å². The Morgan fingerprint density at radius 2 is 2.16 bits per heavy atom. The molecule has 0 aliphatic carbocycles. The second-order valence-corrected chi connectivity index (χ2v) is 5.40. The summed E-state index contributed by atoms with van der Waals surface area (Å²) in [6.45, 7) is 5.47. The van der Waals surface area contributed by atoms with E-state index >= 15 is 0 Å². The zero-order chi connectivity index (χ0) is 13.2. The van der Waals surface area contributed by atoms with Crippen LogP contribution in [0.4, 0.5) is 0 Å². The van der Waals surface area contributed by atoms with Gasteiger partial charge in [-0.1, -0.05) is 0 Å². The van der Waals surface area contributed by atoms with E-state index in [4.69, 9.17) is 0 Å². The molecule has 102 valence electrons. The monoisotopic (exact) mass is 261 g/mol. The summed E-state index contributed by atoms with van der Waals surface area (Å²) >= 11 is 0. The number of esters is 1. The van der Waals surface area contributed by atoms with Crippen molar-refractivity contribution in [2.24, 2.45) is 11.8 Å². The maximum Gasteiger partial charge on any atom is 0.339 e. The Kier molecular flexibility index (Phi) is 3.48. The molecule has 1 aromatic heterocycles. The minimum absolute atomic E-state index is 0.333. The molecule has 0 radical (unpaired) electrons. The number of methoxy groups -OCH3 is 1. The van der Waals surface area contributed by atoms with Gasteiger partial charge in [-0.3, -0.25) is 9.88 Å². The molecular weight excluding hydrogens is 242 g/mol. The van der Waals surface area contributed by atoms with Crippen molar-refractivity contribution in [1.29, 1.82) is 0 Å².